The molecule has 0 bridgehead atoms. The number of hydrogen-bond acceptors (Lipinski definition) is 4. The minimum Gasteiger partial charge on any atom is -0.350 e. The lowest BCUT2D eigenvalue weighted by atomic mass is 10.2. The molecule has 0 radical (unpaired) electrons. The quantitative estimate of drug-likeness (QED) is 0.866. The van der Waals surface area contributed by atoms with E-state index in [9.17, 15) is 9.59 Å². The van der Waals surface area contributed by atoms with Crippen molar-refractivity contribution in [2.45, 2.75) is 19.9 Å². The van der Waals surface area contributed by atoms with Crippen LogP contribution in [0.3, 0.4) is 0 Å². The van der Waals surface area contributed by atoms with Crippen molar-refractivity contribution in [1.82, 2.24) is 19.9 Å². The molecule has 2 rings (SSSR count). The van der Waals surface area contributed by atoms with Gasteiger partial charge in [-0.25, -0.2) is 4.98 Å². The van der Waals surface area contributed by atoms with Crippen LogP contribution in [0.4, 0.5) is 0 Å². The van der Waals surface area contributed by atoms with Crippen LogP contribution >= 0.6 is 0 Å². The molecule has 1 amide bonds. The van der Waals surface area contributed by atoms with Gasteiger partial charge in [0.15, 0.2) is 0 Å². The van der Waals surface area contributed by atoms with Gasteiger partial charge in [0.2, 0.25) is 0 Å². The molecule has 20 heavy (non-hydrogen) atoms. The molecule has 0 saturated carbocycles. The van der Waals surface area contributed by atoms with Crippen molar-refractivity contribution in [2.75, 3.05) is 6.54 Å². The Hall–Kier alpha value is -2.50. The SMILES string of the molecule is CCc1cc(=O)n(CCNC(=O)c2ccncc2)cn1. The highest BCUT2D eigenvalue weighted by atomic mass is 16.1. The Kier molecular flexibility index (Phi) is 4.60. The normalized spacial score (nSPS) is 10.2. The van der Waals surface area contributed by atoms with Gasteiger partial charge in [0, 0.05) is 42.8 Å². The van der Waals surface area contributed by atoms with Crippen LogP contribution in [-0.4, -0.2) is 27.0 Å². The van der Waals surface area contributed by atoms with E-state index in [4.69, 9.17) is 0 Å². The van der Waals surface area contributed by atoms with Crippen LogP contribution in [0.1, 0.15) is 23.0 Å². The molecule has 2 aromatic heterocycles. The van der Waals surface area contributed by atoms with E-state index >= 15 is 0 Å². The molecule has 0 unspecified atom stereocenters. The highest BCUT2D eigenvalue weighted by molar-refractivity contribution is 5.93. The summed E-state index contributed by atoms with van der Waals surface area (Å²) in [5, 5.41) is 2.75. The van der Waals surface area contributed by atoms with E-state index in [-0.39, 0.29) is 11.5 Å². The van der Waals surface area contributed by atoms with Crippen LogP contribution in [0.5, 0.6) is 0 Å². The summed E-state index contributed by atoms with van der Waals surface area (Å²) in [6.45, 7) is 2.71. The minimum atomic E-state index is -0.182. The van der Waals surface area contributed by atoms with Crippen molar-refractivity contribution in [2.24, 2.45) is 0 Å². The fourth-order valence-corrected chi connectivity index (χ4v) is 1.72. The van der Waals surface area contributed by atoms with Crippen LogP contribution in [0.2, 0.25) is 0 Å². The molecule has 104 valence electrons. The van der Waals surface area contributed by atoms with E-state index in [0.29, 0.717) is 18.7 Å². The zero-order valence-corrected chi connectivity index (χ0v) is 11.2. The van der Waals surface area contributed by atoms with E-state index in [1.807, 2.05) is 6.92 Å². The lowest BCUT2D eigenvalue weighted by Crippen LogP contribution is -2.31. The second-order valence-electron chi connectivity index (χ2n) is 4.26. The number of nitrogens with one attached hydrogen (secondary N) is 1. The molecular weight excluding hydrogens is 256 g/mol. The molecule has 0 saturated heterocycles. The van der Waals surface area contributed by atoms with Gasteiger partial charge < -0.3 is 5.32 Å². The van der Waals surface area contributed by atoms with E-state index in [2.05, 4.69) is 15.3 Å². The van der Waals surface area contributed by atoms with Gasteiger partial charge in [-0.3, -0.25) is 19.1 Å². The third kappa shape index (κ3) is 3.50. The molecule has 2 heterocycles. The van der Waals surface area contributed by atoms with Gasteiger partial charge in [-0.1, -0.05) is 6.92 Å². The summed E-state index contributed by atoms with van der Waals surface area (Å²) in [7, 11) is 0. The van der Waals surface area contributed by atoms with Gasteiger partial charge in [0.1, 0.15) is 0 Å². The predicted molar refractivity (Wildman–Crippen MR) is 74.4 cm³/mol. The zero-order chi connectivity index (χ0) is 14.4. The second-order valence-corrected chi connectivity index (χ2v) is 4.26. The van der Waals surface area contributed by atoms with Crippen LogP contribution in [0.15, 0.2) is 41.7 Å². The monoisotopic (exact) mass is 272 g/mol. The molecule has 0 aliphatic heterocycles. The Labute approximate surface area is 116 Å². The third-order valence-electron chi connectivity index (χ3n) is 2.88. The standard InChI is InChI=1S/C14H16N4O2/c1-2-12-9-13(19)18(10-17-12)8-7-16-14(20)11-3-5-15-6-4-11/h3-6,9-10H,2,7-8H2,1H3,(H,16,20). The van der Waals surface area contributed by atoms with E-state index in [1.165, 1.54) is 17.0 Å². The van der Waals surface area contributed by atoms with E-state index < -0.39 is 0 Å². The fourth-order valence-electron chi connectivity index (χ4n) is 1.72. The number of amides is 1. The summed E-state index contributed by atoms with van der Waals surface area (Å²) in [6, 6.07) is 4.79. The van der Waals surface area contributed by atoms with Crippen molar-refractivity contribution in [3.8, 4) is 0 Å². The molecular formula is C14H16N4O2. The van der Waals surface area contributed by atoms with Crippen molar-refractivity contribution in [3.63, 3.8) is 0 Å². The molecule has 2 aromatic rings. The Morgan fingerprint density at radius 2 is 2.10 bits per heavy atom. The van der Waals surface area contributed by atoms with Gasteiger partial charge in [-0.15, -0.1) is 0 Å². The smallest absolute Gasteiger partial charge is 0.253 e. The molecule has 0 aliphatic rings. The molecule has 6 heteroatoms. The van der Waals surface area contributed by atoms with Crippen molar-refractivity contribution >= 4 is 5.91 Å². The van der Waals surface area contributed by atoms with Crippen molar-refractivity contribution in [1.29, 1.82) is 0 Å². The van der Waals surface area contributed by atoms with Gasteiger partial charge in [-0.05, 0) is 18.6 Å². The second kappa shape index (κ2) is 6.60. The van der Waals surface area contributed by atoms with Crippen molar-refractivity contribution < 1.29 is 4.79 Å². The summed E-state index contributed by atoms with van der Waals surface area (Å²) in [5.41, 5.74) is 1.22. The number of nitrogens with zero attached hydrogens (tertiary/aromatic N) is 3. The van der Waals surface area contributed by atoms with Gasteiger partial charge in [0.05, 0.1) is 6.33 Å². The number of hydrogen-bond donors (Lipinski definition) is 1. The lowest BCUT2D eigenvalue weighted by molar-refractivity contribution is 0.0952. The molecule has 0 atom stereocenters. The first kappa shape index (κ1) is 13.9. The Bertz CT molecular complexity index is 637. The maximum absolute atomic E-state index is 11.8. The predicted octanol–water partition coefficient (Wildman–Crippen LogP) is 0.631. The fraction of sp³-hybridized carbons (Fsp3) is 0.286. The summed E-state index contributed by atoms with van der Waals surface area (Å²) in [4.78, 5) is 31.5. The number of pyridine rings is 1. The van der Waals surface area contributed by atoms with E-state index in [1.54, 1.807) is 24.5 Å². The molecule has 6 nitrogen and oxygen atoms in total. The highest BCUT2D eigenvalue weighted by Crippen LogP contribution is 1.95. The molecule has 0 aliphatic carbocycles. The van der Waals surface area contributed by atoms with Gasteiger partial charge in [0.25, 0.3) is 11.5 Å². The number of rotatable bonds is 5. The topological polar surface area (TPSA) is 76.9 Å². The van der Waals surface area contributed by atoms with Crippen LogP contribution in [0.25, 0.3) is 0 Å². The van der Waals surface area contributed by atoms with Crippen LogP contribution in [-0.2, 0) is 13.0 Å². The number of aromatic nitrogens is 3. The number of aryl methyl sites for hydroxylation is 1. The summed E-state index contributed by atoms with van der Waals surface area (Å²) in [6.07, 6.45) is 5.37. The van der Waals surface area contributed by atoms with Crippen LogP contribution < -0.4 is 10.9 Å². The number of carbonyl (C=O) groups excluding carboxylic acids is 1. The highest BCUT2D eigenvalue weighted by Gasteiger charge is 2.04. The lowest BCUT2D eigenvalue weighted by Gasteiger charge is -2.07. The van der Waals surface area contributed by atoms with Crippen LogP contribution in [0, 0.1) is 0 Å². The summed E-state index contributed by atoms with van der Waals surface area (Å²) in [5.74, 6) is -0.182. The Morgan fingerprint density at radius 1 is 1.35 bits per heavy atom. The Balaban J connectivity index is 1.90. The average Bonchev–Trinajstić information content (AvgIpc) is 2.49. The Morgan fingerprint density at radius 3 is 2.75 bits per heavy atom. The summed E-state index contributed by atoms with van der Waals surface area (Å²) < 4.78 is 1.48. The minimum absolute atomic E-state index is 0.102. The third-order valence-corrected chi connectivity index (χ3v) is 2.88. The maximum atomic E-state index is 11.8. The van der Waals surface area contributed by atoms with Gasteiger partial charge >= 0.3 is 0 Å². The molecule has 0 spiro atoms. The first-order valence-corrected chi connectivity index (χ1v) is 6.44. The zero-order valence-electron chi connectivity index (χ0n) is 11.2. The van der Waals surface area contributed by atoms with E-state index in [0.717, 1.165) is 12.1 Å². The molecule has 1 N–H and O–H groups in total. The average molecular weight is 272 g/mol. The number of carbonyl (C=O) groups is 1. The van der Waals surface area contributed by atoms with Gasteiger partial charge in [-0.2, -0.15) is 0 Å². The molecule has 0 fully saturated rings. The first-order chi connectivity index (χ1) is 9.70. The first-order valence-electron chi connectivity index (χ1n) is 6.44. The molecule has 0 aromatic carbocycles. The largest absolute Gasteiger partial charge is 0.350 e. The summed E-state index contributed by atoms with van der Waals surface area (Å²) >= 11 is 0. The van der Waals surface area contributed by atoms with Crippen molar-refractivity contribution in [3.05, 3.63) is 58.5 Å². The maximum Gasteiger partial charge on any atom is 0.253 e.